The minimum Gasteiger partial charge on any atom is -0.393 e. The fourth-order valence-electron chi connectivity index (χ4n) is 4.07. The zero-order chi connectivity index (χ0) is 18.9. The van der Waals surface area contributed by atoms with Crippen LogP contribution in [0, 0.1) is 17.8 Å². The van der Waals surface area contributed by atoms with Gasteiger partial charge >= 0.3 is 6.03 Å². The lowest BCUT2D eigenvalue weighted by Crippen LogP contribution is -2.49. The van der Waals surface area contributed by atoms with Crippen molar-refractivity contribution in [3.8, 4) is 0 Å². The van der Waals surface area contributed by atoms with Gasteiger partial charge in [-0.25, -0.2) is 4.79 Å². The summed E-state index contributed by atoms with van der Waals surface area (Å²) in [5, 5.41) is 12.8. The molecule has 0 aromatic heterocycles. The maximum atomic E-state index is 12.8. The maximum Gasteiger partial charge on any atom is 0.321 e. The molecule has 3 aliphatic rings. The third-order valence-corrected chi connectivity index (χ3v) is 5.72. The van der Waals surface area contributed by atoms with E-state index >= 15 is 0 Å². The van der Waals surface area contributed by atoms with Gasteiger partial charge in [-0.3, -0.25) is 14.5 Å². The smallest absolute Gasteiger partial charge is 0.321 e. The lowest BCUT2D eigenvalue weighted by Gasteiger charge is -2.26. The van der Waals surface area contributed by atoms with E-state index in [2.05, 4.69) is 5.32 Å². The average Bonchev–Trinajstić information content (AvgIpc) is 3.12. The minimum atomic E-state index is -0.914. The number of nitrogens with two attached hydrogens (primary N) is 1. The Morgan fingerprint density at radius 1 is 1.31 bits per heavy atom. The second kappa shape index (κ2) is 7.19. The molecule has 142 valence electrons. The van der Waals surface area contributed by atoms with Crippen molar-refractivity contribution in [2.75, 3.05) is 6.54 Å². The normalized spacial score (nSPS) is 39.2. The first kappa shape index (κ1) is 18.6. The van der Waals surface area contributed by atoms with Gasteiger partial charge in [-0.2, -0.15) is 0 Å². The minimum absolute atomic E-state index is 0.0329. The molecule has 0 spiro atoms. The summed E-state index contributed by atoms with van der Waals surface area (Å²) in [7, 11) is 0. The predicted octanol–water partition coefficient (Wildman–Crippen LogP) is 0.0947. The van der Waals surface area contributed by atoms with Crippen LogP contribution >= 0.6 is 0 Å². The summed E-state index contributed by atoms with van der Waals surface area (Å²) in [6, 6.07) is -0.843. The molecular weight excluding hydrogens is 338 g/mol. The van der Waals surface area contributed by atoms with E-state index in [4.69, 9.17) is 5.73 Å². The molecule has 5 atom stereocenters. The molecule has 4 N–H and O–H groups in total. The Labute approximate surface area is 151 Å². The molecule has 0 aromatic rings. The highest BCUT2D eigenvalue weighted by Crippen LogP contribution is 2.44. The van der Waals surface area contributed by atoms with Crippen molar-refractivity contribution in [3.05, 3.63) is 12.2 Å². The number of hydrogen-bond acceptors (Lipinski definition) is 5. The number of imide groups is 1. The van der Waals surface area contributed by atoms with Crippen LogP contribution in [0.3, 0.4) is 0 Å². The van der Waals surface area contributed by atoms with Crippen LogP contribution in [-0.4, -0.2) is 52.3 Å². The van der Waals surface area contributed by atoms with E-state index < -0.39 is 41.3 Å². The first-order chi connectivity index (χ1) is 12.4. The molecule has 4 amide bonds. The van der Waals surface area contributed by atoms with E-state index in [1.807, 2.05) is 12.2 Å². The van der Waals surface area contributed by atoms with Gasteiger partial charge in [0.1, 0.15) is 11.8 Å². The Bertz CT molecular complexity index is 649. The van der Waals surface area contributed by atoms with Crippen molar-refractivity contribution in [1.82, 2.24) is 10.2 Å². The molecule has 0 radical (unpaired) electrons. The lowest BCUT2D eigenvalue weighted by molar-refractivity contribution is -0.139. The van der Waals surface area contributed by atoms with E-state index in [9.17, 15) is 24.3 Å². The molecule has 8 nitrogen and oxygen atoms in total. The number of carbonyl (C=O) groups excluding carboxylic acids is 4. The van der Waals surface area contributed by atoms with Crippen LogP contribution in [-0.2, 0) is 14.4 Å². The number of fused-ring (bicyclic) bond motifs is 2. The second-order valence-corrected chi connectivity index (χ2v) is 7.55. The van der Waals surface area contributed by atoms with Crippen LogP contribution in [0.5, 0.6) is 0 Å². The van der Waals surface area contributed by atoms with E-state index in [-0.39, 0.29) is 25.3 Å². The largest absolute Gasteiger partial charge is 0.393 e. The molecule has 0 bridgehead atoms. The van der Waals surface area contributed by atoms with Gasteiger partial charge in [0.05, 0.1) is 17.9 Å². The quantitative estimate of drug-likeness (QED) is 0.449. The first-order valence-electron chi connectivity index (χ1n) is 9.12. The van der Waals surface area contributed by atoms with Gasteiger partial charge in [0.2, 0.25) is 11.8 Å². The highest BCUT2D eigenvalue weighted by Gasteiger charge is 2.56. The van der Waals surface area contributed by atoms with Crippen molar-refractivity contribution < 1.29 is 24.3 Å². The molecule has 2 fully saturated rings. The molecule has 0 saturated heterocycles. The molecular formula is C18H25N3O5. The number of urea groups is 1. The van der Waals surface area contributed by atoms with E-state index in [1.54, 1.807) is 0 Å². The number of hydrogen-bond donors (Lipinski definition) is 3. The number of nitrogens with one attached hydrogen (secondary N) is 1. The molecule has 0 aromatic carbocycles. The number of nitrogens with zero attached hydrogens (tertiary/aromatic N) is 1. The predicted molar refractivity (Wildman–Crippen MR) is 91.6 cm³/mol. The Hall–Kier alpha value is -2.22. The number of aliphatic hydroxyl groups is 1. The van der Waals surface area contributed by atoms with E-state index in [0.717, 1.165) is 24.0 Å². The van der Waals surface area contributed by atoms with Gasteiger partial charge in [0.25, 0.3) is 0 Å². The van der Waals surface area contributed by atoms with Gasteiger partial charge in [-0.05, 0) is 38.5 Å². The van der Waals surface area contributed by atoms with Gasteiger partial charge in [0.15, 0.2) is 0 Å². The van der Waals surface area contributed by atoms with E-state index in [0.29, 0.717) is 12.8 Å². The number of allylic oxidation sites excluding steroid dienone is 1. The molecule has 1 heterocycles. The molecule has 1 aliphatic heterocycles. The number of aldehydes is 1. The van der Waals surface area contributed by atoms with Gasteiger partial charge in [-0.15, -0.1) is 0 Å². The number of carbonyl (C=O) groups is 4. The molecule has 5 unspecified atom stereocenters. The number of rotatable bonds is 1. The summed E-state index contributed by atoms with van der Waals surface area (Å²) in [6.45, 7) is 0.199. The number of primary amides is 1. The van der Waals surface area contributed by atoms with E-state index in [1.165, 1.54) is 0 Å². The van der Waals surface area contributed by atoms with Crippen molar-refractivity contribution in [2.24, 2.45) is 23.5 Å². The van der Waals surface area contributed by atoms with Gasteiger partial charge in [0, 0.05) is 12.5 Å². The van der Waals surface area contributed by atoms with Gasteiger partial charge in [-0.1, -0.05) is 12.2 Å². The van der Waals surface area contributed by atoms with Crippen LogP contribution in [0.4, 0.5) is 4.79 Å². The number of aliphatic hydroxyl groups excluding tert-OH is 1. The first-order valence-corrected chi connectivity index (χ1v) is 9.12. The van der Waals surface area contributed by atoms with Crippen molar-refractivity contribution >= 4 is 24.1 Å². The summed E-state index contributed by atoms with van der Waals surface area (Å²) >= 11 is 0. The van der Waals surface area contributed by atoms with Crippen LogP contribution in [0.2, 0.25) is 0 Å². The molecule has 2 aliphatic carbocycles. The van der Waals surface area contributed by atoms with Crippen LogP contribution in [0.25, 0.3) is 0 Å². The molecule has 26 heavy (non-hydrogen) atoms. The Morgan fingerprint density at radius 2 is 2.04 bits per heavy atom. The zero-order valence-corrected chi connectivity index (χ0v) is 14.6. The lowest BCUT2D eigenvalue weighted by atomic mass is 9.93. The summed E-state index contributed by atoms with van der Waals surface area (Å²) in [5.74, 6) is -2.56. The average molecular weight is 363 g/mol. The Balaban J connectivity index is 1.87. The van der Waals surface area contributed by atoms with Crippen LogP contribution in [0.1, 0.15) is 38.5 Å². The van der Waals surface area contributed by atoms with Crippen LogP contribution in [0.15, 0.2) is 12.2 Å². The summed E-state index contributed by atoms with van der Waals surface area (Å²) in [4.78, 5) is 49.8. The summed E-state index contributed by atoms with van der Waals surface area (Å²) < 4.78 is 0. The third kappa shape index (κ3) is 3.51. The summed E-state index contributed by atoms with van der Waals surface area (Å²) in [5.41, 5.74) is 4.45. The molecule has 3 rings (SSSR count). The Morgan fingerprint density at radius 3 is 2.73 bits per heavy atom. The van der Waals surface area contributed by atoms with Crippen molar-refractivity contribution in [2.45, 2.75) is 50.2 Å². The second-order valence-electron chi connectivity index (χ2n) is 7.55. The van der Waals surface area contributed by atoms with Crippen LogP contribution < -0.4 is 11.1 Å². The SMILES string of the molecule is NC(=O)N1CCCC/C=C/C2CC2(C=O)NC(=O)C2CC(O)CC2C1=O. The summed E-state index contributed by atoms with van der Waals surface area (Å²) in [6.07, 6.45) is 6.78. The highest BCUT2D eigenvalue weighted by molar-refractivity contribution is 5.98. The highest BCUT2D eigenvalue weighted by atomic mass is 16.3. The monoisotopic (exact) mass is 363 g/mol. The van der Waals surface area contributed by atoms with Crippen molar-refractivity contribution in [1.29, 1.82) is 0 Å². The molecule has 8 heteroatoms. The third-order valence-electron chi connectivity index (χ3n) is 5.72. The fourth-order valence-corrected chi connectivity index (χ4v) is 4.07. The zero-order valence-electron chi connectivity index (χ0n) is 14.6. The standard InChI is InChI=1S/C18H25N3O5/c19-17(26)21-6-4-2-1-3-5-11-9-18(11,10-22)20-15(24)13-7-12(23)8-14(13)16(21)25/h3,5,10-14,23H,1-2,4,6-9H2,(H2,19,26)(H,20,24)/b5-3+. The maximum absolute atomic E-state index is 12.8. The number of amides is 4. The molecule has 2 saturated carbocycles. The Kier molecular flexibility index (Phi) is 5.13. The topological polar surface area (TPSA) is 130 Å². The van der Waals surface area contributed by atoms with Crippen molar-refractivity contribution in [3.63, 3.8) is 0 Å². The fraction of sp³-hybridized carbons (Fsp3) is 0.667. The van der Waals surface area contributed by atoms with Gasteiger partial charge < -0.3 is 21.0 Å².